The van der Waals surface area contributed by atoms with Crippen LogP contribution in [0.1, 0.15) is 50.7 Å². The molecule has 4 rings (SSSR count). The van der Waals surface area contributed by atoms with Crippen molar-refractivity contribution in [3.05, 3.63) is 59.8 Å². The van der Waals surface area contributed by atoms with Crippen molar-refractivity contribution in [3.8, 4) is 11.5 Å². The van der Waals surface area contributed by atoms with E-state index in [2.05, 4.69) is 55.5 Å². The Morgan fingerprint density at radius 2 is 1.97 bits per heavy atom. The van der Waals surface area contributed by atoms with Gasteiger partial charge in [0.05, 0.1) is 6.54 Å². The Bertz CT molecular complexity index is 1040. The largest absolute Gasteiger partial charge is 0.486 e. The summed E-state index contributed by atoms with van der Waals surface area (Å²) in [6.45, 7) is 7.47. The zero-order valence-electron chi connectivity index (χ0n) is 18.6. The lowest BCUT2D eigenvalue weighted by Gasteiger charge is -2.27. The molecule has 0 saturated heterocycles. The molecule has 0 fully saturated rings. The molecule has 0 bridgehead atoms. The van der Waals surface area contributed by atoms with Gasteiger partial charge in [0.15, 0.2) is 11.5 Å². The number of H-pyrrole nitrogens is 1. The van der Waals surface area contributed by atoms with E-state index < -0.39 is 0 Å². The van der Waals surface area contributed by atoms with E-state index >= 15 is 0 Å². The summed E-state index contributed by atoms with van der Waals surface area (Å²) in [5.41, 5.74) is 3.74. The highest BCUT2D eigenvalue weighted by Gasteiger charge is 2.24. The summed E-state index contributed by atoms with van der Waals surface area (Å²) in [7, 11) is 0. The molecule has 1 aromatic heterocycles. The van der Waals surface area contributed by atoms with Crippen LogP contribution in [0.5, 0.6) is 11.5 Å². The molecular weight excluding hydrogens is 388 g/mol. The highest BCUT2D eigenvalue weighted by Crippen LogP contribution is 2.34. The molecule has 0 spiro atoms. The Balaban J connectivity index is 1.42. The molecule has 164 valence electrons. The zero-order valence-corrected chi connectivity index (χ0v) is 18.6. The van der Waals surface area contributed by atoms with Gasteiger partial charge in [-0.25, -0.2) is 0 Å². The van der Waals surface area contributed by atoms with E-state index in [0.29, 0.717) is 25.5 Å². The molecular formula is C26H32N2O3. The molecule has 1 aliphatic rings. The van der Waals surface area contributed by atoms with Crippen LogP contribution in [-0.4, -0.2) is 30.1 Å². The second-order valence-electron chi connectivity index (χ2n) is 8.77. The Morgan fingerprint density at radius 1 is 1.16 bits per heavy atom. The van der Waals surface area contributed by atoms with Gasteiger partial charge in [-0.3, -0.25) is 4.79 Å². The lowest BCUT2D eigenvalue weighted by Crippen LogP contribution is -2.41. The van der Waals surface area contributed by atoms with Crippen LogP contribution in [0.2, 0.25) is 0 Å². The highest BCUT2D eigenvalue weighted by molar-refractivity contribution is 5.87. The number of amides is 1. The zero-order chi connectivity index (χ0) is 21.8. The van der Waals surface area contributed by atoms with Crippen LogP contribution >= 0.6 is 0 Å². The third kappa shape index (κ3) is 4.87. The maximum absolute atomic E-state index is 12.9. The molecule has 31 heavy (non-hydrogen) atoms. The number of fused-ring (bicyclic) bond motifs is 2. The van der Waals surface area contributed by atoms with Gasteiger partial charge in [0.1, 0.15) is 12.7 Å². The number of aromatic nitrogens is 1. The molecule has 5 nitrogen and oxygen atoms in total. The summed E-state index contributed by atoms with van der Waals surface area (Å²) in [6.07, 6.45) is 4.33. The second kappa shape index (κ2) is 9.46. The molecule has 0 saturated carbocycles. The van der Waals surface area contributed by atoms with Crippen LogP contribution in [0, 0.1) is 5.92 Å². The minimum absolute atomic E-state index is 0.0501. The van der Waals surface area contributed by atoms with Gasteiger partial charge >= 0.3 is 0 Å². The van der Waals surface area contributed by atoms with Gasteiger partial charge in [-0.2, -0.15) is 0 Å². The Kier molecular flexibility index (Phi) is 6.50. The van der Waals surface area contributed by atoms with E-state index in [9.17, 15) is 4.79 Å². The number of benzene rings is 2. The van der Waals surface area contributed by atoms with Crippen LogP contribution in [0.25, 0.3) is 10.9 Å². The maximum Gasteiger partial charge on any atom is 0.220 e. The molecule has 2 atom stereocenters. The fourth-order valence-corrected chi connectivity index (χ4v) is 4.45. The molecule has 5 heteroatoms. The van der Waals surface area contributed by atoms with Gasteiger partial charge in [0.2, 0.25) is 5.91 Å². The summed E-state index contributed by atoms with van der Waals surface area (Å²) in [6, 6.07) is 14.1. The van der Waals surface area contributed by atoms with Crippen molar-refractivity contribution in [2.45, 2.75) is 52.1 Å². The average Bonchev–Trinajstić information content (AvgIpc) is 3.21. The van der Waals surface area contributed by atoms with Crippen LogP contribution in [0.15, 0.2) is 48.7 Å². The Morgan fingerprint density at radius 3 is 2.74 bits per heavy atom. The molecule has 2 N–H and O–H groups in total. The monoisotopic (exact) mass is 420 g/mol. The number of nitrogens with one attached hydrogen (secondary N) is 2. The SMILES string of the molecule is CCc1cccc2c([C@@H](CC(=O)NC[C@H]3COc4ccccc4O3)CC(C)C)c[nH]c12. The standard InChI is InChI=1S/C26H32N2O3/c1-4-18-8-7-9-21-22(15-28-26(18)21)19(12-17(2)3)13-25(29)27-14-20-16-30-23-10-5-6-11-24(23)31-20/h5-11,15,17,19-20,28H,4,12-14,16H2,1-3H3,(H,27,29)/t19-,20+/m1/s1. The minimum atomic E-state index is -0.178. The van der Waals surface area contributed by atoms with Gasteiger partial charge in [-0.15, -0.1) is 0 Å². The third-order valence-electron chi connectivity index (χ3n) is 5.94. The van der Waals surface area contributed by atoms with Crippen LogP contribution < -0.4 is 14.8 Å². The molecule has 0 unspecified atom stereocenters. The number of rotatable bonds is 8. The summed E-state index contributed by atoms with van der Waals surface area (Å²) in [5.74, 6) is 2.21. The van der Waals surface area contributed by atoms with Crippen molar-refractivity contribution in [2.24, 2.45) is 5.92 Å². The Hall–Kier alpha value is -2.95. The smallest absolute Gasteiger partial charge is 0.220 e. The van der Waals surface area contributed by atoms with Crippen molar-refractivity contribution in [3.63, 3.8) is 0 Å². The second-order valence-corrected chi connectivity index (χ2v) is 8.77. The first kappa shape index (κ1) is 21.3. The Labute approximate surface area is 184 Å². The number of ether oxygens (including phenoxy) is 2. The van der Waals surface area contributed by atoms with E-state index in [4.69, 9.17) is 9.47 Å². The fraction of sp³-hybridized carbons (Fsp3) is 0.423. The number of carbonyl (C=O) groups excluding carboxylic acids is 1. The first-order chi connectivity index (χ1) is 15.0. The van der Waals surface area contributed by atoms with Crippen LogP contribution in [0.3, 0.4) is 0 Å². The molecule has 0 aliphatic carbocycles. The first-order valence-corrected chi connectivity index (χ1v) is 11.3. The molecule has 1 aliphatic heterocycles. The van der Waals surface area contributed by atoms with Crippen LogP contribution in [-0.2, 0) is 11.2 Å². The quantitative estimate of drug-likeness (QED) is 0.526. The molecule has 1 amide bonds. The topological polar surface area (TPSA) is 63.4 Å². The lowest BCUT2D eigenvalue weighted by molar-refractivity contribution is -0.122. The van der Waals surface area contributed by atoms with E-state index in [1.54, 1.807) is 0 Å². The van der Waals surface area contributed by atoms with Gasteiger partial charge in [0.25, 0.3) is 0 Å². The van der Waals surface area contributed by atoms with E-state index in [-0.39, 0.29) is 17.9 Å². The molecule has 3 aromatic rings. The lowest BCUT2D eigenvalue weighted by atomic mass is 9.87. The number of para-hydroxylation sites is 3. The molecule has 2 aromatic carbocycles. The number of carbonyl (C=O) groups is 1. The summed E-state index contributed by atoms with van der Waals surface area (Å²) in [4.78, 5) is 16.3. The van der Waals surface area contributed by atoms with Crippen molar-refractivity contribution in [2.75, 3.05) is 13.2 Å². The van der Waals surface area contributed by atoms with Crippen LogP contribution in [0.4, 0.5) is 0 Å². The predicted molar refractivity (Wildman–Crippen MR) is 124 cm³/mol. The fourth-order valence-electron chi connectivity index (χ4n) is 4.45. The van der Waals surface area contributed by atoms with Crippen molar-refractivity contribution in [1.82, 2.24) is 10.3 Å². The van der Waals surface area contributed by atoms with Gasteiger partial charge in [-0.1, -0.05) is 51.1 Å². The summed E-state index contributed by atoms with van der Waals surface area (Å²) in [5, 5.41) is 4.30. The van der Waals surface area contributed by atoms with Gasteiger partial charge in [0, 0.05) is 23.5 Å². The molecule has 2 heterocycles. The minimum Gasteiger partial charge on any atom is -0.486 e. The number of aryl methyl sites for hydroxylation is 1. The first-order valence-electron chi connectivity index (χ1n) is 11.3. The average molecular weight is 421 g/mol. The van der Waals surface area contributed by atoms with Gasteiger partial charge < -0.3 is 19.8 Å². The van der Waals surface area contributed by atoms with Crippen molar-refractivity contribution in [1.29, 1.82) is 0 Å². The number of hydrogen-bond acceptors (Lipinski definition) is 3. The molecule has 0 radical (unpaired) electrons. The predicted octanol–water partition coefficient (Wildman–Crippen LogP) is 5.21. The summed E-state index contributed by atoms with van der Waals surface area (Å²) >= 11 is 0. The number of aromatic amines is 1. The van der Waals surface area contributed by atoms with Crippen molar-refractivity contribution < 1.29 is 14.3 Å². The van der Waals surface area contributed by atoms with Gasteiger partial charge in [-0.05, 0) is 47.9 Å². The third-order valence-corrected chi connectivity index (χ3v) is 5.94. The maximum atomic E-state index is 12.9. The summed E-state index contributed by atoms with van der Waals surface area (Å²) < 4.78 is 11.7. The van der Waals surface area contributed by atoms with E-state index in [1.165, 1.54) is 22.0 Å². The highest BCUT2D eigenvalue weighted by atomic mass is 16.6. The van der Waals surface area contributed by atoms with E-state index in [1.807, 2.05) is 24.3 Å². The van der Waals surface area contributed by atoms with E-state index in [0.717, 1.165) is 24.3 Å². The number of hydrogen-bond donors (Lipinski definition) is 2. The van der Waals surface area contributed by atoms with Crippen molar-refractivity contribution >= 4 is 16.8 Å². The normalized spacial score (nSPS) is 16.5.